The van der Waals surface area contributed by atoms with E-state index in [1.165, 1.54) is 4.88 Å². The number of rotatable bonds is 6. The number of aryl methyl sites for hydroxylation is 1. The second-order valence-electron chi connectivity index (χ2n) is 7.86. The maximum absolute atomic E-state index is 13.6. The van der Waals surface area contributed by atoms with Crippen LogP contribution < -0.4 is 0 Å². The first kappa shape index (κ1) is 20.0. The van der Waals surface area contributed by atoms with E-state index in [2.05, 4.69) is 38.0 Å². The molecule has 1 aliphatic rings. The van der Waals surface area contributed by atoms with Crippen molar-refractivity contribution < 1.29 is 9.53 Å². The maximum atomic E-state index is 13.6. The highest BCUT2D eigenvalue weighted by Crippen LogP contribution is 2.31. The number of fused-ring (bicyclic) bond motifs is 1. The summed E-state index contributed by atoms with van der Waals surface area (Å²) in [6.45, 7) is 10.3. The highest BCUT2D eigenvalue weighted by molar-refractivity contribution is 7.15. The van der Waals surface area contributed by atoms with E-state index < -0.39 is 0 Å². The van der Waals surface area contributed by atoms with Crippen LogP contribution in [0.1, 0.15) is 54.9 Å². The van der Waals surface area contributed by atoms with Crippen LogP contribution in [0.4, 0.5) is 0 Å². The molecule has 0 saturated carbocycles. The molecule has 3 aromatic rings. The van der Waals surface area contributed by atoms with Crippen LogP contribution in [0.3, 0.4) is 0 Å². The van der Waals surface area contributed by atoms with Gasteiger partial charge in [-0.15, -0.1) is 11.3 Å². The van der Waals surface area contributed by atoms with Gasteiger partial charge in [0.25, 0.3) is 5.91 Å². The van der Waals surface area contributed by atoms with Crippen molar-refractivity contribution in [2.45, 2.75) is 52.7 Å². The summed E-state index contributed by atoms with van der Waals surface area (Å²) < 4.78 is 7.66. The Morgan fingerprint density at radius 1 is 1.41 bits per heavy atom. The zero-order valence-electron chi connectivity index (χ0n) is 17.5. The Labute approximate surface area is 175 Å². The van der Waals surface area contributed by atoms with Gasteiger partial charge < -0.3 is 9.64 Å². The molecule has 7 heteroatoms. The highest BCUT2D eigenvalue weighted by Gasteiger charge is 2.26. The normalized spacial score (nSPS) is 16.8. The zero-order valence-corrected chi connectivity index (χ0v) is 18.3. The molecule has 1 aliphatic heterocycles. The van der Waals surface area contributed by atoms with Crippen LogP contribution >= 0.6 is 11.3 Å². The van der Waals surface area contributed by atoms with E-state index in [-0.39, 0.29) is 18.1 Å². The van der Waals surface area contributed by atoms with E-state index in [4.69, 9.17) is 9.72 Å². The van der Waals surface area contributed by atoms with Crippen LogP contribution in [0.25, 0.3) is 21.6 Å². The third kappa shape index (κ3) is 3.94. The van der Waals surface area contributed by atoms with E-state index in [0.29, 0.717) is 18.7 Å². The number of amides is 1. The van der Waals surface area contributed by atoms with E-state index >= 15 is 0 Å². The molecule has 1 amide bonds. The molecule has 154 valence electrons. The predicted molar refractivity (Wildman–Crippen MR) is 117 cm³/mol. The van der Waals surface area contributed by atoms with Crippen LogP contribution in [0.2, 0.25) is 0 Å². The van der Waals surface area contributed by atoms with Crippen molar-refractivity contribution in [2.24, 2.45) is 0 Å². The Kier molecular flexibility index (Phi) is 5.69. The number of nitrogens with zero attached hydrogens (tertiary/aromatic N) is 4. The van der Waals surface area contributed by atoms with Crippen LogP contribution in [0, 0.1) is 6.92 Å². The average molecular weight is 413 g/mol. The molecule has 1 unspecified atom stereocenters. The Morgan fingerprint density at radius 3 is 2.86 bits per heavy atom. The summed E-state index contributed by atoms with van der Waals surface area (Å²) in [4.78, 5) is 22.6. The molecule has 4 rings (SSSR count). The molecule has 1 atom stereocenters. The fourth-order valence-corrected chi connectivity index (χ4v) is 4.66. The predicted octanol–water partition coefficient (Wildman–Crippen LogP) is 4.69. The van der Waals surface area contributed by atoms with Gasteiger partial charge in [-0.05, 0) is 58.7 Å². The summed E-state index contributed by atoms with van der Waals surface area (Å²) in [6, 6.07) is 6.25. The molecule has 0 spiro atoms. The number of likely N-dealkylation sites (N-methyl/N-ethyl adjacent to an activating group) is 1. The summed E-state index contributed by atoms with van der Waals surface area (Å²) in [5.74, 6) is 0.0215. The number of carbonyl (C=O) groups excluding carboxylic acids is 1. The molecule has 4 heterocycles. The SMILES string of the molecule is CCN(CC1CCCO1)C(=O)c1cc(-c2ccc(C)s2)nc2c1cnn2C(C)C. The summed E-state index contributed by atoms with van der Waals surface area (Å²) in [5, 5.41) is 5.34. The lowest BCUT2D eigenvalue weighted by Gasteiger charge is -2.24. The lowest BCUT2D eigenvalue weighted by atomic mass is 10.1. The summed E-state index contributed by atoms with van der Waals surface area (Å²) in [6.07, 6.45) is 3.99. The number of aromatic nitrogens is 3. The molecular formula is C22H28N4O2S. The number of pyridine rings is 1. The number of hydrogen-bond acceptors (Lipinski definition) is 5. The van der Waals surface area contributed by atoms with Crippen LogP contribution in [0.15, 0.2) is 24.4 Å². The molecule has 0 radical (unpaired) electrons. The van der Waals surface area contributed by atoms with Crippen LogP contribution in [-0.2, 0) is 4.74 Å². The molecule has 3 aromatic heterocycles. The van der Waals surface area contributed by atoms with Gasteiger partial charge in [-0.25, -0.2) is 9.67 Å². The molecule has 0 aliphatic carbocycles. The van der Waals surface area contributed by atoms with Crippen molar-refractivity contribution in [3.05, 3.63) is 34.8 Å². The first-order chi connectivity index (χ1) is 14.0. The Bertz CT molecular complexity index is 1020. The fourth-order valence-electron chi connectivity index (χ4n) is 3.83. The monoisotopic (exact) mass is 412 g/mol. The Balaban J connectivity index is 1.79. The maximum Gasteiger partial charge on any atom is 0.254 e. The third-order valence-electron chi connectivity index (χ3n) is 5.40. The van der Waals surface area contributed by atoms with E-state index in [9.17, 15) is 4.79 Å². The number of hydrogen-bond donors (Lipinski definition) is 0. The molecule has 0 bridgehead atoms. The Hall–Kier alpha value is -2.25. The number of thiophene rings is 1. The van der Waals surface area contributed by atoms with Gasteiger partial charge in [0, 0.05) is 30.6 Å². The van der Waals surface area contributed by atoms with E-state index in [0.717, 1.165) is 41.1 Å². The second kappa shape index (κ2) is 8.24. The van der Waals surface area contributed by atoms with Gasteiger partial charge in [-0.3, -0.25) is 4.79 Å². The van der Waals surface area contributed by atoms with Crippen molar-refractivity contribution in [3.8, 4) is 10.6 Å². The highest BCUT2D eigenvalue weighted by atomic mass is 32.1. The average Bonchev–Trinajstić information content (AvgIpc) is 3.45. The Morgan fingerprint density at radius 2 is 2.24 bits per heavy atom. The van der Waals surface area contributed by atoms with Gasteiger partial charge in [-0.2, -0.15) is 5.10 Å². The summed E-state index contributed by atoms with van der Waals surface area (Å²) >= 11 is 1.69. The molecule has 6 nitrogen and oxygen atoms in total. The lowest BCUT2D eigenvalue weighted by Crippen LogP contribution is -2.37. The van der Waals surface area contributed by atoms with Gasteiger partial charge >= 0.3 is 0 Å². The summed E-state index contributed by atoms with van der Waals surface area (Å²) in [5.41, 5.74) is 2.26. The first-order valence-electron chi connectivity index (χ1n) is 10.3. The molecule has 29 heavy (non-hydrogen) atoms. The van der Waals surface area contributed by atoms with Crippen molar-refractivity contribution in [1.82, 2.24) is 19.7 Å². The molecule has 0 aromatic carbocycles. The molecule has 1 fully saturated rings. The summed E-state index contributed by atoms with van der Waals surface area (Å²) in [7, 11) is 0. The quantitative estimate of drug-likeness (QED) is 0.589. The third-order valence-corrected chi connectivity index (χ3v) is 6.42. The minimum atomic E-state index is 0.0215. The van der Waals surface area contributed by atoms with Crippen molar-refractivity contribution in [2.75, 3.05) is 19.7 Å². The second-order valence-corrected chi connectivity index (χ2v) is 9.15. The topological polar surface area (TPSA) is 60.2 Å². The van der Waals surface area contributed by atoms with Crippen molar-refractivity contribution in [3.63, 3.8) is 0 Å². The van der Waals surface area contributed by atoms with Crippen LogP contribution in [-0.4, -0.2) is 51.4 Å². The van der Waals surface area contributed by atoms with Gasteiger partial charge in [0.15, 0.2) is 5.65 Å². The van der Waals surface area contributed by atoms with Crippen LogP contribution in [0.5, 0.6) is 0 Å². The fraction of sp³-hybridized carbons (Fsp3) is 0.500. The van der Waals surface area contributed by atoms with Crippen molar-refractivity contribution in [1.29, 1.82) is 0 Å². The zero-order chi connectivity index (χ0) is 20.5. The largest absolute Gasteiger partial charge is 0.376 e. The van der Waals surface area contributed by atoms with E-state index in [1.807, 2.05) is 22.6 Å². The number of carbonyl (C=O) groups is 1. The number of ether oxygens (including phenoxy) is 1. The minimum absolute atomic E-state index is 0.0215. The van der Waals surface area contributed by atoms with E-state index in [1.54, 1.807) is 17.5 Å². The lowest BCUT2D eigenvalue weighted by molar-refractivity contribution is 0.0540. The molecule has 0 N–H and O–H groups in total. The molecular weight excluding hydrogens is 384 g/mol. The van der Waals surface area contributed by atoms with Gasteiger partial charge in [0.1, 0.15) is 0 Å². The van der Waals surface area contributed by atoms with Gasteiger partial charge in [-0.1, -0.05) is 0 Å². The van der Waals surface area contributed by atoms with Gasteiger partial charge in [0.05, 0.1) is 33.8 Å². The standard InChI is InChI=1S/C22H28N4O2S/c1-5-25(13-16-7-6-10-28-16)22(27)17-11-19(20-9-8-15(4)29-20)24-21-18(17)12-23-26(21)14(2)3/h8-9,11-12,14,16H,5-7,10,13H2,1-4H3. The smallest absolute Gasteiger partial charge is 0.254 e. The van der Waals surface area contributed by atoms with Gasteiger partial charge in [0.2, 0.25) is 0 Å². The first-order valence-corrected chi connectivity index (χ1v) is 11.2. The van der Waals surface area contributed by atoms with Crippen molar-refractivity contribution >= 4 is 28.3 Å². The minimum Gasteiger partial charge on any atom is -0.376 e. The molecule has 1 saturated heterocycles.